The molecule has 0 aliphatic carbocycles. The van der Waals surface area contributed by atoms with Crippen LogP contribution in [-0.2, 0) is 36.9 Å². The molecule has 6 N–H and O–H groups in total. The molecule has 2 atom stereocenters. The predicted molar refractivity (Wildman–Crippen MR) is 56.1 cm³/mol. The van der Waals surface area contributed by atoms with Crippen molar-refractivity contribution in [3.05, 3.63) is 0 Å². The smallest absolute Gasteiger partial charge is 0.321 e. The Morgan fingerprint density at radius 2 is 1.27 bits per heavy atom. The summed E-state index contributed by atoms with van der Waals surface area (Å²) in [6.45, 7) is 0. The molecule has 0 bridgehead atoms. The van der Waals surface area contributed by atoms with Crippen LogP contribution >= 0.6 is 21.6 Å². The fourth-order valence-electron chi connectivity index (χ4n) is 0.385. The zero-order valence-electron chi connectivity index (χ0n) is 7.96. The van der Waals surface area contributed by atoms with Crippen LogP contribution in [0.1, 0.15) is 0 Å². The largest absolute Gasteiger partial charge is 0.480 e. The minimum atomic E-state index is -1.07. The summed E-state index contributed by atoms with van der Waals surface area (Å²) in [5, 5.41) is 16.8. The van der Waals surface area contributed by atoms with E-state index < -0.39 is 24.0 Å². The maximum Gasteiger partial charge on any atom is 0.321 e. The van der Waals surface area contributed by atoms with Crippen LogP contribution in [0.5, 0.6) is 0 Å². The third-order valence-corrected chi connectivity index (χ3v) is 3.69. The fraction of sp³-hybridized carbons (Fsp3) is 0.667. The molecule has 0 spiro atoms. The van der Waals surface area contributed by atoms with Gasteiger partial charge in [-0.3, -0.25) is 9.59 Å². The molecule has 0 amide bonds. The molecular formula is C6H12CdN2O4S2. The molecule has 0 radical (unpaired) electrons. The minimum absolute atomic E-state index is 0. The number of nitrogens with two attached hydrogens (primary N) is 2. The van der Waals surface area contributed by atoms with Crippen LogP contribution in [0, 0.1) is 0 Å². The van der Waals surface area contributed by atoms with Gasteiger partial charge in [-0.15, -0.1) is 0 Å². The number of hydrogen-bond acceptors (Lipinski definition) is 6. The zero-order valence-corrected chi connectivity index (χ0v) is 13.6. The second kappa shape index (κ2) is 9.69. The van der Waals surface area contributed by atoms with Crippen LogP contribution in [0.3, 0.4) is 0 Å². The molecule has 6 nitrogen and oxygen atoms in total. The minimum Gasteiger partial charge on any atom is -0.480 e. The topological polar surface area (TPSA) is 127 Å². The number of hydrogen-bond donors (Lipinski definition) is 4. The normalized spacial score (nSPS) is 13.7. The first-order valence-corrected chi connectivity index (χ1v) is 6.15. The SMILES string of the molecule is N[C@H](CSSC[C@@H](N)C(=O)O)C(=O)O.[Cd]. The maximum atomic E-state index is 10.3. The van der Waals surface area contributed by atoms with E-state index in [1.54, 1.807) is 0 Å². The van der Waals surface area contributed by atoms with Crippen molar-refractivity contribution in [2.45, 2.75) is 12.1 Å². The molecule has 0 aromatic rings. The Kier molecular flexibility index (Phi) is 11.5. The van der Waals surface area contributed by atoms with Crippen molar-refractivity contribution in [1.82, 2.24) is 0 Å². The Morgan fingerprint density at radius 3 is 1.47 bits per heavy atom. The van der Waals surface area contributed by atoms with Crippen molar-refractivity contribution in [3.63, 3.8) is 0 Å². The van der Waals surface area contributed by atoms with Gasteiger partial charge in [0.25, 0.3) is 0 Å². The van der Waals surface area contributed by atoms with Gasteiger partial charge in [-0.05, 0) is 0 Å². The summed E-state index contributed by atoms with van der Waals surface area (Å²) in [5.74, 6) is -1.68. The van der Waals surface area contributed by atoms with E-state index in [0.29, 0.717) is 0 Å². The van der Waals surface area contributed by atoms with Crippen LogP contribution in [0.25, 0.3) is 0 Å². The molecule has 0 rings (SSSR count). The van der Waals surface area contributed by atoms with Crippen LogP contribution in [0.2, 0.25) is 0 Å². The second-order valence-electron chi connectivity index (χ2n) is 2.46. The van der Waals surface area contributed by atoms with Crippen LogP contribution in [-0.4, -0.2) is 45.7 Å². The molecule has 84 valence electrons. The average molecular weight is 353 g/mol. The summed E-state index contributed by atoms with van der Waals surface area (Å²) >= 11 is 0. The summed E-state index contributed by atoms with van der Waals surface area (Å²) in [6, 6.07) is -1.85. The summed E-state index contributed by atoms with van der Waals surface area (Å²) < 4.78 is 0. The first-order chi connectivity index (χ1) is 6.45. The number of carboxylic acid groups (broad SMARTS) is 2. The molecular weight excluding hydrogens is 341 g/mol. The third kappa shape index (κ3) is 9.41. The molecule has 0 aromatic heterocycles. The van der Waals surface area contributed by atoms with Gasteiger partial charge in [0.2, 0.25) is 0 Å². The van der Waals surface area contributed by atoms with Crippen LogP contribution < -0.4 is 11.5 Å². The molecule has 15 heavy (non-hydrogen) atoms. The van der Waals surface area contributed by atoms with E-state index in [4.69, 9.17) is 21.7 Å². The van der Waals surface area contributed by atoms with Gasteiger partial charge < -0.3 is 21.7 Å². The summed E-state index contributed by atoms with van der Waals surface area (Å²) in [6.07, 6.45) is 0. The van der Waals surface area contributed by atoms with Crippen molar-refractivity contribution in [3.8, 4) is 0 Å². The monoisotopic (exact) mass is 354 g/mol. The third-order valence-electron chi connectivity index (χ3n) is 1.21. The van der Waals surface area contributed by atoms with E-state index in [1.807, 2.05) is 0 Å². The fourth-order valence-corrected chi connectivity index (χ4v) is 2.61. The summed E-state index contributed by atoms with van der Waals surface area (Å²) in [7, 11) is 2.41. The molecule has 0 aliphatic rings. The van der Waals surface area contributed by atoms with Crippen molar-refractivity contribution < 1.29 is 47.1 Å². The van der Waals surface area contributed by atoms with Crippen molar-refractivity contribution in [1.29, 1.82) is 0 Å². The van der Waals surface area contributed by atoms with E-state index in [0.717, 1.165) is 0 Å². The Balaban J connectivity index is 0. The van der Waals surface area contributed by atoms with Gasteiger partial charge in [0.15, 0.2) is 0 Å². The molecule has 0 saturated heterocycles. The molecule has 0 heterocycles. The van der Waals surface area contributed by atoms with Gasteiger partial charge in [0, 0.05) is 38.8 Å². The summed E-state index contributed by atoms with van der Waals surface area (Å²) in [4.78, 5) is 20.5. The molecule has 9 heteroatoms. The first-order valence-electron chi connectivity index (χ1n) is 3.66. The van der Waals surface area contributed by atoms with Crippen LogP contribution in [0.15, 0.2) is 0 Å². The van der Waals surface area contributed by atoms with Crippen molar-refractivity contribution >= 4 is 33.5 Å². The van der Waals surface area contributed by atoms with Crippen molar-refractivity contribution in [2.24, 2.45) is 11.5 Å². The van der Waals surface area contributed by atoms with E-state index >= 15 is 0 Å². The van der Waals surface area contributed by atoms with E-state index in [9.17, 15) is 9.59 Å². The maximum absolute atomic E-state index is 10.3. The predicted octanol–water partition coefficient (Wildman–Crippen LogP) is -0.811. The number of carbonyl (C=O) groups is 2. The summed E-state index contributed by atoms with van der Waals surface area (Å²) in [5.41, 5.74) is 10.4. The quantitative estimate of drug-likeness (QED) is 0.266. The average Bonchev–Trinajstić information content (AvgIpc) is 2.11. The van der Waals surface area contributed by atoms with Gasteiger partial charge in [-0.2, -0.15) is 0 Å². The van der Waals surface area contributed by atoms with Gasteiger partial charge in [0.1, 0.15) is 12.1 Å². The number of carboxylic acids is 2. The Labute approximate surface area is 115 Å². The van der Waals surface area contributed by atoms with E-state index in [-0.39, 0.29) is 38.8 Å². The molecule has 0 aliphatic heterocycles. The Bertz CT molecular complexity index is 197. The Morgan fingerprint density at radius 1 is 1.00 bits per heavy atom. The van der Waals surface area contributed by atoms with Gasteiger partial charge in [-0.25, -0.2) is 0 Å². The molecule has 0 unspecified atom stereocenters. The zero-order chi connectivity index (χ0) is 11.1. The van der Waals surface area contributed by atoms with E-state index in [1.165, 1.54) is 21.6 Å². The van der Waals surface area contributed by atoms with Crippen molar-refractivity contribution in [2.75, 3.05) is 11.5 Å². The van der Waals surface area contributed by atoms with E-state index in [2.05, 4.69) is 0 Å². The first kappa shape index (κ1) is 17.9. The molecule has 0 aromatic carbocycles. The van der Waals surface area contributed by atoms with Crippen LogP contribution in [0.4, 0.5) is 0 Å². The second-order valence-corrected chi connectivity index (χ2v) is 5.01. The van der Waals surface area contributed by atoms with Gasteiger partial charge in [0.05, 0.1) is 0 Å². The number of rotatable bonds is 7. The molecule has 0 fully saturated rings. The molecule has 0 saturated carbocycles. The Hall–Kier alpha value is 0.482. The van der Waals surface area contributed by atoms with Gasteiger partial charge >= 0.3 is 11.9 Å². The van der Waals surface area contributed by atoms with Gasteiger partial charge in [-0.1, -0.05) is 21.6 Å². The standard InChI is InChI=1S/C6H12N2O4S2.Cd/c7-3(5(9)10)1-13-14-2-4(8)6(11)12;/h3-4H,1-2,7-8H2,(H,9,10)(H,11,12);/t3-,4-;/m1./s1. The number of aliphatic carboxylic acids is 2.